The van der Waals surface area contributed by atoms with Crippen LogP contribution < -0.4 is 0 Å². The van der Waals surface area contributed by atoms with Crippen LogP contribution in [0, 0.1) is 11.3 Å². The van der Waals surface area contributed by atoms with Gasteiger partial charge in [-0.25, -0.2) is 0 Å². The lowest BCUT2D eigenvalue weighted by molar-refractivity contribution is 0.0773. The van der Waals surface area contributed by atoms with E-state index in [0.29, 0.717) is 5.56 Å². The second-order valence-corrected chi connectivity index (χ2v) is 3.09. The molecule has 0 fully saturated rings. The third kappa shape index (κ3) is 2.11. The standard InChI is InChI=1S/C11H12N2O/c1-9(8-12)13(2)11(14)10-6-4-3-5-7-10/h3-7,9H,1-2H3. The van der Waals surface area contributed by atoms with E-state index in [1.165, 1.54) is 4.90 Å². The SMILES string of the molecule is CC(C#N)N(C)C(=O)c1ccccc1. The fourth-order valence-corrected chi connectivity index (χ4v) is 1.05. The van der Waals surface area contributed by atoms with Crippen LogP contribution in [0.1, 0.15) is 17.3 Å². The minimum Gasteiger partial charge on any atom is -0.326 e. The van der Waals surface area contributed by atoms with Crippen molar-refractivity contribution in [3.8, 4) is 6.07 Å². The van der Waals surface area contributed by atoms with E-state index in [1.54, 1.807) is 38.2 Å². The van der Waals surface area contributed by atoms with Crippen molar-refractivity contribution in [3.63, 3.8) is 0 Å². The summed E-state index contributed by atoms with van der Waals surface area (Å²) >= 11 is 0. The van der Waals surface area contributed by atoms with Crippen molar-refractivity contribution in [2.24, 2.45) is 0 Å². The van der Waals surface area contributed by atoms with Gasteiger partial charge in [0.2, 0.25) is 0 Å². The Hall–Kier alpha value is -1.82. The van der Waals surface area contributed by atoms with Crippen molar-refractivity contribution in [1.29, 1.82) is 5.26 Å². The van der Waals surface area contributed by atoms with Crippen LogP contribution in [0.15, 0.2) is 30.3 Å². The maximum atomic E-state index is 11.7. The monoisotopic (exact) mass is 188 g/mol. The minimum atomic E-state index is -0.400. The first kappa shape index (κ1) is 10.3. The lowest BCUT2D eigenvalue weighted by Crippen LogP contribution is -2.33. The van der Waals surface area contributed by atoms with Gasteiger partial charge < -0.3 is 4.90 Å². The Balaban J connectivity index is 2.82. The van der Waals surface area contributed by atoms with Gasteiger partial charge in [-0.05, 0) is 19.1 Å². The molecule has 0 aliphatic rings. The Bertz CT molecular complexity index is 353. The van der Waals surface area contributed by atoms with Gasteiger partial charge in [0.25, 0.3) is 5.91 Å². The van der Waals surface area contributed by atoms with Gasteiger partial charge in [0.15, 0.2) is 0 Å². The van der Waals surface area contributed by atoms with Gasteiger partial charge >= 0.3 is 0 Å². The summed E-state index contributed by atoms with van der Waals surface area (Å²) < 4.78 is 0. The number of nitrogens with zero attached hydrogens (tertiary/aromatic N) is 2. The molecule has 0 aliphatic carbocycles. The van der Waals surface area contributed by atoms with E-state index in [4.69, 9.17) is 5.26 Å². The van der Waals surface area contributed by atoms with Gasteiger partial charge in [0.1, 0.15) is 6.04 Å². The van der Waals surface area contributed by atoms with Crippen LogP contribution >= 0.6 is 0 Å². The van der Waals surface area contributed by atoms with E-state index in [2.05, 4.69) is 0 Å². The van der Waals surface area contributed by atoms with Crippen LogP contribution in [0.3, 0.4) is 0 Å². The van der Waals surface area contributed by atoms with Crippen molar-refractivity contribution in [2.75, 3.05) is 7.05 Å². The molecule has 0 radical (unpaired) electrons. The summed E-state index contributed by atoms with van der Waals surface area (Å²) in [4.78, 5) is 13.1. The van der Waals surface area contributed by atoms with Gasteiger partial charge in [-0.1, -0.05) is 18.2 Å². The highest BCUT2D eigenvalue weighted by atomic mass is 16.2. The molecule has 1 amide bonds. The highest BCUT2D eigenvalue weighted by molar-refractivity contribution is 5.94. The van der Waals surface area contributed by atoms with Crippen LogP contribution in [0.25, 0.3) is 0 Å². The first-order chi connectivity index (χ1) is 6.66. The van der Waals surface area contributed by atoms with E-state index in [1.807, 2.05) is 12.1 Å². The van der Waals surface area contributed by atoms with Crippen LogP contribution in [0.4, 0.5) is 0 Å². The summed E-state index contributed by atoms with van der Waals surface area (Å²) in [5.74, 6) is -0.125. The zero-order valence-electron chi connectivity index (χ0n) is 8.27. The van der Waals surface area contributed by atoms with Crippen molar-refractivity contribution >= 4 is 5.91 Å². The highest BCUT2D eigenvalue weighted by Gasteiger charge is 2.15. The maximum absolute atomic E-state index is 11.7. The van der Waals surface area contributed by atoms with Crippen molar-refractivity contribution in [2.45, 2.75) is 13.0 Å². The van der Waals surface area contributed by atoms with Crippen LogP contribution in [0.2, 0.25) is 0 Å². The van der Waals surface area contributed by atoms with Gasteiger partial charge in [0.05, 0.1) is 6.07 Å². The first-order valence-electron chi connectivity index (χ1n) is 4.38. The highest BCUT2D eigenvalue weighted by Crippen LogP contribution is 2.05. The molecule has 0 N–H and O–H groups in total. The van der Waals surface area contributed by atoms with E-state index >= 15 is 0 Å². The Morgan fingerprint density at radius 1 is 1.43 bits per heavy atom. The molecular weight excluding hydrogens is 176 g/mol. The van der Waals surface area contributed by atoms with E-state index < -0.39 is 6.04 Å². The number of hydrogen-bond donors (Lipinski definition) is 0. The Kier molecular flexibility index (Phi) is 3.24. The Labute approximate surface area is 83.6 Å². The summed E-state index contributed by atoms with van der Waals surface area (Å²) in [5.41, 5.74) is 0.608. The predicted molar refractivity (Wildman–Crippen MR) is 53.6 cm³/mol. The number of nitriles is 1. The molecule has 1 unspecified atom stereocenters. The zero-order chi connectivity index (χ0) is 10.6. The summed E-state index contributed by atoms with van der Waals surface area (Å²) in [6.45, 7) is 1.70. The molecule has 0 heterocycles. The van der Waals surface area contributed by atoms with Crippen LogP contribution in [-0.4, -0.2) is 23.9 Å². The third-order valence-corrected chi connectivity index (χ3v) is 2.11. The number of carbonyl (C=O) groups is 1. The second kappa shape index (κ2) is 4.43. The number of hydrogen-bond acceptors (Lipinski definition) is 2. The molecule has 1 rings (SSSR count). The average molecular weight is 188 g/mol. The molecule has 0 spiro atoms. The molecule has 0 aliphatic heterocycles. The number of rotatable bonds is 2. The van der Waals surface area contributed by atoms with Gasteiger partial charge in [-0.2, -0.15) is 5.26 Å². The molecule has 1 aromatic carbocycles. The molecule has 0 aromatic heterocycles. The van der Waals surface area contributed by atoms with Gasteiger partial charge in [0, 0.05) is 12.6 Å². The number of benzene rings is 1. The topological polar surface area (TPSA) is 44.1 Å². The quantitative estimate of drug-likeness (QED) is 0.708. The van der Waals surface area contributed by atoms with Crippen molar-refractivity contribution in [3.05, 3.63) is 35.9 Å². The molecule has 1 aromatic rings. The molecule has 3 nitrogen and oxygen atoms in total. The molecule has 0 saturated heterocycles. The van der Waals surface area contributed by atoms with Crippen molar-refractivity contribution in [1.82, 2.24) is 4.90 Å². The second-order valence-electron chi connectivity index (χ2n) is 3.09. The molecule has 0 saturated carbocycles. The molecular formula is C11H12N2O. The lowest BCUT2D eigenvalue weighted by Gasteiger charge is -2.19. The average Bonchev–Trinajstić information content (AvgIpc) is 2.27. The Morgan fingerprint density at radius 3 is 2.50 bits per heavy atom. The third-order valence-electron chi connectivity index (χ3n) is 2.11. The fraction of sp³-hybridized carbons (Fsp3) is 0.273. The Morgan fingerprint density at radius 2 is 2.00 bits per heavy atom. The lowest BCUT2D eigenvalue weighted by atomic mass is 10.2. The molecule has 72 valence electrons. The van der Waals surface area contributed by atoms with Gasteiger partial charge in [-0.3, -0.25) is 4.79 Å². The molecule has 14 heavy (non-hydrogen) atoms. The smallest absolute Gasteiger partial charge is 0.254 e. The van der Waals surface area contributed by atoms with Crippen LogP contribution in [-0.2, 0) is 0 Å². The maximum Gasteiger partial charge on any atom is 0.254 e. The summed E-state index contributed by atoms with van der Waals surface area (Å²) in [5, 5.41) is 8.66. The number of amides is 1. The zero-order valence-corrected chi connectivity index (χ0v) is 8.27. The van der Waals surface area contributed by atoms with Crippen molar-refractivity contribution < 1.29 is 4.79 Å². The minimum absolute atomic E-state index is 0.125. The van der Waals surface area contributed by atoms with Gasteiger partial charge in [-0.15, -0.1) is 0 Å². The number of carbonyl (C=O) groups excluding carboxylic acids is 1. The fourth-order valence-electron chi connectivity index (χ4n) is 1.05. The normalized spacial score (nSPS) is 11.5. The van der Waals surface area contributed by atoms with E-state index in [-0.39, 0.29) is 5.91 Å². The summed E-state index contributed by atoms with van der Waals surface area (Å²) in [7, 11) is 1.63. The van der Waals surface area contributed by atoms with Crippen LogP contribution in [0.5, 0.6) is 0 Å². The molecule has 0 bridgehead atoms. The molecule has 1 atom stereocenters. The summed E-state index contributed by atoms with van der Waals surface area (Å²) in [6, 6.07) is 10.6. The predicted octanol–water partition coefficient (Wildman–Crippen LogP) is 1.67. The first-order valence-corrected chi connectivity index (χ1v) is 4.38. The largest absolute Gasteiger partial charge is 0.326 e. The van der Waals surface area contributed by atoms with E-state index in [9.17, 15) is 4.79 Å². The molecule has 3 heteroatoms. The summed E-state index contributed by atoms with van der Waals surface area (Å²) in [6.07, 6.45) is 0. The van der Waals surface area contributed by atoms with E-state index in [0.717, 1.165) is 0 Å².